The maximum atomic E-state index is 6.56. The highest BCUT2D eigenvalue weighted by Gasteiger charge is 2.36. The van der Waals surface area contributed by atoms with Crippen molar-refractivity contribution in [1.82, 2.24) is 0 Å². The van der Waals surface area contributed by atoms with E-state index in [-0.39, 0.29) is 5.54 Å². The number of benzene rings is 1. The zero-order valence-electron chi connectivity index (χ0n) is 10.8. The van der Waals surface area contributed by atoms with E-state index in [1.165, 1.54) is 12.8 Å². The molecule has 0 radical (unpaired) electrons. The lowest BCUT2D eigenvalue weighted by Gasteiger charge is -2.29. The van der Waals surface area contributed by atoms with Crippen molar-refractivity contribution in [3.8, 4) is 5.75 Å². The molecule has 2 N–H and O–H groups in total. The quantitative estimate of drug-likeness (QED) is 0.872. The second-order valence-corrected chi connectivity index (χ2v) is 5.48. The molecule has 1 aromatic carbocycles. The maximum absolute atomic E-state index is 6.56. The molecule has 3 heteroatoms. The van der Waals surface area contributed by atoms with Gasteiger partial charge in [-0.05, 0) is 43.9 Å². The van der Waals surface area contributed by atoms with Gasteiger partial charge in [0, 0.05) is 16.1 Å². The molecule has 0 bridgehead atoms. The Morgan fingerprint density at radius 1 is 1.29 bits per heavy atom. The molecule has 0 aliphatic heterocycles. The molecule has 2 rings (SSSR count). The van der Waals surface area contributed by atoms with Crippen molar-refractivity contribution in [3.63, 3.8) is 0 Å². The van der Waals surface area contributed by atoms with Gasteiger partial charge in [0.2, 0.25) is 0 Å². The van der Waals surface area contributed by atoms with Crippen LogP contribution in [-0.2, 0) is 5.54 Å². The lowest BCUT2D eigenvalue weighted by atomic mass is 9.84. The predicted octanol–water partition coefficient (Wildman–Crippen LogP) is 3.69. The third-order valence-corrected chi connectivity index (χ3v) is 4.25. The van der Waals surface area contributed by atoms with E-state index in [4.69, 9.17) is 22.1 Å². The first-order valence-electron chi connectivity index (χ1n) is 6.12. The molecule has 1 fully saturated rings. The van der Waals surface area contributed by atoms with Gasteiger partial charge in [-0.2, -0.15) is 0 Å². The third kappa shape index (κ3) is 2.04. The Morgan fingerprint density at radius 3 is 2.41 bits per heavy atom. The minimum atomic E-state index is -0.259. The fourth-order valence-corrected chi connectivity index (χ4v) is 3.23. The van der Waals surface area contributed by atoms with Crippen LogP contribution in [0.4, 0.5) is 0 Å². The van der Waals surface area contributed by atoms with Gasteiger partial charge in [0.25, 0.3) is 0 Å². The van der Waals surface area contributed by atoms with Crippen molar-refractivity contribution in [2.45, 2.75) is 45.1 Å². The molecule has 0 unspecified atom stereocenters. The molecule has 0 atom stereocenters. The number of ether oxygens (including phenoxy) is 1. The molecule has 1 saturated carbocycles. The minimum absolute atomic E-state index is 0.259. The van der Waals surface area contributed by atoms with Gasteiger partial charge in [0.05, 0.1) is 7.11 Å². The van der Waals surface area contributed by atoms with Crippen LogP contribution in [0.5, 0.6) is 5.75 Å². The number of halogens is 1. The van der Waals surface area contributed by atoms with E-state index >= 15 is 0 Å². The van der Waals surface area contributed by atoms with Gasteiger partial charge in [0.1, 0.15) is 5.75 Å². The van der Waals surface area contributed by atoms with E-state index in [1.807, 2.05) is 19.9 Å². The summed E-state index contributed by atoms with van der Waals surface area (Å²) >= 11 is 6.28. The monoisotopic (exact) mass is 253 g/mol. The van der Waals surface area contributed by atoms with Crippen LogP contribution in [0.3, 0.4) is 0 Å². The Balaban J connectivity index is 2.65. The first-order valence-corrected chi connectivity index (χ1v) is 6.50. The second kappa shape index (κ2) is 4.51. The molecule has 0 spiro atoms. The van der Waals surface area contributed by atoms with E-state index in [0.717, 1.165) is 40.3 Å². The van der Waals surface area contributed by atoms with Crippen LogP contribution in [0.1, 0.15) is 42.4 Å². The van der Waals surface area contributed by atoms with E-state index in [1.54, 1.807) is 7.11 Å². The number of hydrogen-bond acceptors (Lipinski definition) is 2. The zero-order valence-corrected chi connectivity index (χ0v) is 11.5. The number of methoxy groups -OCH3 is 1. The van der Waals surface area contributed by atoms with Crippen LogP contribution < -0.4 is 10.5 Å². The van der Waals surface area contributed by atoms with E-state index in [0.29, 0.717) is 0 Å². The zero-order chi connectivity index (χ0) is 12.6. The first-order chi connectivity index (χ1) is 7.99. The summed E-state index contributed by atoms with van der Waals surface area (Å²) in [6, 6.07) is 1.96. The summed E-state index contributed by atoms with van der Waals surface area (Å²) in [5.74, 6) is 0.913. The Kier molecular flexibility index (Phi) is 3.37. The Bertz CT molecular complexity index is 436. The first kappa shape index (κ1) is 12.7. The fourth-order valence-electron chi connectivity index (χ4n) is 2.97. The molecule has 0 saturated heterocycles. The lowest BCUT2D eigenvalue weighted by Crippen LogP contribution is -2.34. The van der Waals surface area contributed by atoms with Crippen LogP contribution in [0.25, 0.3) is 0 Å². The number of rotatable bonds is 2. The van der Waals surface area contributed by atoms with Crippen LogP contribution in [-0.4, -0.2) is 7.11 Å². The molecule has 2 nitrogen and oxygen atoms in total. The Hall–Kier alpha value is -0.730. The molecular formula is C14H20ClNO. The molecule has 94 valence electrons. The molecular weight excluding hydrogens is 234 g/mol. The molecule has 17 heavy (non-hydrogen) atoms. The number of nitrogens with two attached hydrogens (primary N) is 1. The van der Waals surface area contributed by atoms with Gasteiger partial charge in [-0.1, -0.05) is 24.4 Å². The normalized spacial score (nSPS) is 18.4. The molecule has 1 aliphatic rings. The van der Waals surface area contributed by atoms with Crippen molar-refractivity contribution in [2.75, 3.05) is 7.11 Å². The summed E-state index contributed by atoms with van der Waals surface area (Å²) in [5.41, 5.74) is 9.54. The van der Waals surface area contributed by atoms with Crippen LogP contribution in [0.2, 0.25) is 5.02 Å². The summed E-state index contributed by atoms with van der Waals surface area (Å²) in [7, 11) is 1.71. The highest BCUT2D eigenvalue weighted by molar-refractivity contribution is 6.31. The molecule has 0 aromatic heterocycles. The van der Waals surface area contributed by atoms with E-state index in [2.05, 4.69) is 0 Å². The molecule has 0 amide bonds. The standard InChI is InChI=1S/C14H20ClNO/c1-9-8-11(15)10(2)12(13(9)17-3)14(16)6-4-5-7-14/h8H,4-7,16H2,1-3H3. The van der Waals surface area contributed by atoms with Crippen LogP contribution >= 0.6 is 11.6 Å². The molecule has 1 aromatic rings. The third-order valence-electron chi connectivity index (χ3n) is 3.86. The lowest BCUT2D eigenvalue weighted by molar-refractivity contribution is 0.375. The Morgan fingerprint density at radius 2 is 1.88 bits per heavy atom. The van der Waals surface area contributed by atoms with Gasteiger partial charge in [-0.15, -0.1) is 0 Å². The molecule has 0 heterocycles. The summed E-state index contributed by atoms with van der Waals surface area (Å²) < 4.78 is 5.55. The van der Waals surface area contributed by atoms with E-state index in [9.17, 15) is 0 Å². The van der Waals surface area contributed by atoms with Gasteiger partial charge in [-0.25, -0.2) is 0 Å². The summed E-state index contributed by atoms with van der Waals surface area (Å²) in [6.45, 7) is 4.05. The molecule has 1 aliphatic carbocycles. The Labute approximate surface area is 108 Å². The fraction of sp³-hybridized carbons (Fsp3) is 0.571. The highest BCUT2D eigenvalue weighted by atomic mass is 35.5. The van der Waals surface area contributed by atoms with Crippen molar-refractivity contribution in [1.29, 1.82) is 0 Å². The van der Waals surface area contributed by atoms with Crippen LogP contribution in [0.15, 0.2) is 6.07 Å². The van der Waals surface area contributed by atoms with Gasteiger partial charge >= 0.3 is 0 Å². The van der Waals surface area contributed by atoms with Gasteiger partial charge in [-0.3, -0.25) is 0 Å². The summed E-state index contributed by atoms with van der Waals surface area (Å²) in [6.07, 6.45) is 4.41. The van der Waals surface area contributed by atoms with Crippen molar-refractivity contribution < 1.29 is 4.74 Å². The van der Waals surface area contributed by atoms with Crippen LogP contribution in [0, 0.1) is 13.8 Å². The van der Waals surface area contributed by atoms with Gasteiger partial charge < -0.3 is 10.5 Å². The number of hydrogen-bond donors (Lipinski definition) is 1. The van der Waals surface area contributed by atoms with Crippen molar-refractivity contribution in [2.24, 2.45) is 5.73 Å². The summed E-state index contributed by atoms with van der Waals surface area (Å²) in [4.78, 5) is 0. The predicted molar refractivity (Wildman–Crippen MR) is 71.8 cm³/mol. The van der Waals surface area contributed by atoms with Crippen molar-refractivity contribution in [3.05, 3.63) is 27.8 Å². The SMILES string of the molecule is COc1c(C)cc(Cl)c(C)c1C1(N)CCCC1. The second-order valence-electron chi connectivity index (χ2n) is 5.07. The largest absolute Gasteiger partial charge is 0.496 e. The topological polar surface area (TPSA) is 35.2 Å². The number of aryl methyl sites for hydroxylation is 1. The van der Waals surface area contributed by atoms with Gasteiger partial charge in [0.15, 0.2) is 0 Å². The smallest absolute Gasteiger partial charge is 0.127 e. The maximum Gasteiger partial charge on any atom is 0.127 e. The average molecular weight is 254 g/mol. The average Bonchev–Trinajstić information content (AvgIpc) is 2.71. The van der Waals surface area contributed by atoms with E-state index < -0.39 is 0 Å². The minimum Gasteiger partial charge on any atom is -0.496 e. The van der Waals surface area contributed by atoms with Crippen molar-refractivity contribution >= 4 is 11.6 Å². The summed E-state index contributed by atoms with van der Waals surface area (Å²) in [5, 5.41) is 0.787. The highest BCUT2D eigenvalue weighted by Crippen LogP contribution is 2.45.